The van der Waals surface area contributed by atoms with Crippen molar-refractivity contribution in [3.8, 4) is 5.75 Å². The number of esters is 1. The van der Waals surface area contributed by atoms with E-state index in [1.807, 2.05) is 0 Å². The van der Waals surface area contributed by atoms with Crippen LogP contribution in [0.5, 0.6) is 5.75 Å². The number of ether oxygens (including phenoxy) is 2. The first kappa shape index (κ1) is 16.8. The van der Waals surface area contributed by atoms with E-state index in [1.165, 1.54) is 14.0 Å². The number of rotatable bonds is 7. The second-order valence-corrected chi connectivity index (χ2v) is 5.33. The quantitative estimate of drug-likeness (QED) is 0.719. The Morgan fingerprint density at radius 2 is 2.04 bits per heavy atom. The van der Waals surface area contributed by atoms with Crippen LogP contribution in [0, 0.1) is 0 Å². The molecule has 1 fully saturated rings. The second-order valence-electron chi connectivity index (χ2n) is 5.33. The van der Waals surface area contributed by atoms with Crippen molar-refractivity contribution in [1.29, 1.82) is 0 Å². The van der Waals surface area contributed by atoms with E-state index in [2.05, 4.69) is 10.6 Å². The smallest absolute Gasteiger partial charge is 0.326 e. The first-order valence-corrected chi connectivity index (χ1v) is 7.41. The Labute approximate surface area is 134 Å². The van der Waals surface area contributed by atoms with Crippen molar-refractivity contribution in [3.63, 3.8) is 0 Å². The van der Waals surface area contributed by atoms with Crippen LogP contribution < -0.4 is 15.4 Å². The SMILES string of the molecule is COc1cccc(C(=O)NCC(=O)O[C@H](C)C(=O)NC2CC2)c1. The van der Waals surface area contributed by atoms with E-state index in [0.717, 1.165) is 12.8 Å². The maximum Gasteiger partial charge on any atom is 0.326 e. The van der Waals surface area contributed by atoms with Crippen LogP contribution in [0.25, 0.3) is 0 Å². The molecule has 0 saturated heterocycles. The average molecular weight is 320 g/mol. The van der Waals surface area contributed by atoms with Crippen molar-refractivity contribution in [2.24, 2.45) is 0 Å². The first-order chi connectivity index (χ1) is 11.0. The number of hydrogen-bond donors (Lipinski definition) is 2. The van der Waals surface area contributed by atoms with E-state index >= 15 is 0 Å². The summed E-state index contributed by atoms with van der Waals surface area (Å²) in [6.45, 7) is 1.19. The van der Waals surface area contributed by atoms with Gasteiger partial charge in [-0.05, 0) is 38.0 Å². The van der Waals surface area contributed by atoms with Crippen LogP contribution in [-0.4, -0.2) is 43.6 Å². The lowest BCUT2D eigenvalue weighted by atomic mass is 10.2. The molecule has 0 bridgehead atoms. The zero-order chi connectivity index (χ0) is 16.8. The Morgan fingerprint density at radius 3 is 2.70 bits per heavy atom. The lowest BCUT2D eigenvalue weighted by Crippen LogP contribution is -2.39. The molecule has 1 atom stereocenters. The first-order valence-electron chi connectivity index (χ1n) is 7.41. The van der Waals surface area contributed by atoms with Gasteiger partial charge in [0.2, 0.25) is 0 Å². The molecule has 124 valence electrons. The normalized spacial score (nSPS) is 14.5. The second kappa shape index (κ2) is 7.62. The van der Waals surface area contributed by atoms with E-state index in [0.29, 0.717) is 11.3 Å². The lowest BCUT2D eigenvalue weighted by Gasteiger charge is -2.13. The molecule has 1 aromatic carbocycles. The third kappa shape index (κ3) is 5.28. The number of hydrogen-bond acceptors (Lipinski definition) is 5. The van der Waals surface area contributed by atoms with Gasteiger partial charge in [0.25, 0.3) is 11.8 Å². The molecule has 7 heteroatoms. The van der Waals surface area contributed by atoms with Gasteiger partial charge in [0.05, 0.1) is 7.11 Å². The Hall–Kier alpha value is -2.57. The Balaban J connectivity index is 1.76. The molecule has 1 aliphatic rings. The van der Waals surface area contributed by atoms with Gasteiger partial charge in [-0.2, -0.15) is 0 Å². The topological polar surface area (TPSA) is 93.7 Å². The molecule has 0 aromatic heterocycles. The predicted molar refractivity (Wildman–Crippen MR) is 82.0 cm³/mol. The van der Waals surface area contributed by atoms with Crippen molar-refractivity contribution in [3.05, 3.63) is 29.8 Å². The third-order valence-corrected chi connectivity index (χ3v) is 3.33. The molecule has 23 heavy (non-hydrogen) atoms. The van der Waals surface area contributed by atoms with Gasteiger partial charge >= 0.3 is 5.97 Å². The highest BCUT2D eigenvalue weighted by molar-refractivity contribution is 5.96. The monoisotopic (exact) mass is 320 g/mol. The number of benzene rings is 1. The third-order valence-electron chi connectivity index (χ3n) is 3.33. The summed E-state index contributed by atoms with van der Waals surface area (Å²) in [5.41, 5.74) is 0.372. The van der Waals surface area contributed by atoms with E-state index in [-0.39, 0.29) is 18.5 Å². The fourth-order valence-electron chi connectivity index (χ4n) is 1.86. The van der Waals surface area contributed by atoms with Crippen molar-refractivity contribution >= 4 is 17.8 Å². The van der Waals surface area contributed by atoms with Gasteiger partial charge in [-0.25, -0.2) is 0 Å². The van der Waals surface area contributed by atoms with Gasteiger partial charge in [-0.3, -0.25) is 14.4 Å². The number of carbonyl (C=O) groups is 3. The van der Waals surface area contributed by atoms with Gasteiger partial charge in [0.15, 0.2) is 6.10 Å². The molecule has 7 nitrogen and oxygen atoms in total. The molecular formula is C16H20N2O5. The van der Waals surface area contributed by atoms with Crippen LogP contribution >= 0.6 is 0 Å². The molecule has 2 N–H and O–H groups in total. The lowest BCUT2D eigenvalue weighted by molar-refractivity contribution is -0.153. The summed E-state index contributed by atoms with van der Waals surface area (Å²) in [5.74, 6) is -0.860. The Bertz CT molecular complexity index is 598. The van der Waals surface area contributed by atoms with E-state index in [4.69, 9.17) is 9.47 Å². The average Bonchev–Trinajstić information content (AvgIpc) is 3.36. The molecule has 1 saturated carbocycles. The van der Waals surface area contributed by atoms with Gasteiger partial charge in [-0.1, -0.05) is 6.07 Å². The summed E-state index contributed by atoms with van der Waals surface area (Å²) < 4.78 is 10.0. The van der Waals surface area contributed by atoms with Crippen LogP contribution in [0.15, 0.2) is 24.3 Å². The van der Waals surface area contributed by atoms with Crippen LogP contribution in [0.1, 0.15) is 30.1 Å². The van der Waals surface area contributed by atoms with Crippen LogP contribution in [-0.2, 0) is 14.3 Å². The molecule has 0 heterocycles. The van der Waals surface area contributed by atoms with Gasteiger partial charge in [0.1, 0.15) is 12.3 Å². The molecule has 2 amide bonds. The molecule has 0 unspecified atom stereocenters. The van der Waals surface area contributed by atoms with E-state index < -0.39 is 18.0 Å². The summed E-state index contributed by atoms with van der Waals surface area (Å²) in [7, 11) is 1.50. The van der Waals surface area contributed by atoms with Gasteiger partial charge in [0, 0.05) is 11.6 Å². The minimum atomic E-state index is -0.878. The van der Waals surface area contributed by atoms with Crippen LogP contribution in [0.2, 0.25) is 0 Å². The zero-order valence-corrected chi connectivity index (χ0v) is 13.1. The van der Waals surface area contributed by atoms with Crippen molar-refractivity contribution in [2.45, 2.75) is 31.9 Å². The number of nitrogens with one attached hydrogen (secondary N) is 2. The highest BCUT2D eigenvalue weighted by Crippen LogP contribution is 2.18. The number of amides is 2. The Morgan fingerprint density at radius 1 is 1.30 bits per heavy atom. The van der Waals surface area contributed by atoms with E-state index in [1.54, 1.807) is 24.3 Å². The summed E-state index contributed by atoms with van der Waals surface area (Å²) >= 11 is 0. The molecule has 1 aromatic rings. The summed E-state index contributed by atoms with van der Waals surface area (Å²) in [4.78, 5) is 35.3. The zero-order valence-electron chi connectivity index (χ0n) is 13.1. The summed E-state index contributed by atoms with van der Waals surface area (Å²) in [6.07, 6.45) is 1.04. The van der Waals surface area contributed by atoms with Gasteiger partial charge < -0.3 is 20.1 Å². The number of methoxy groups -OCH3 is 1. The van der Waals surface area contributed by atoms with Crippen molar-refractivity contribution in [2.75, 3.05) is 13.7 Å². The molecule has 2 rings (SSSR count). The molecule has 1 aliphatic carbocycles. The summed E-state index contributed by atoms with van der Waals surface area (Å²) in [6, 6.07) is 6.76. The van der Waals surface area contributed by atoms with Crippen molar-refractivity contribution in [1.82, 2.24) is 10.6 Å². The largest absolute Gasteiger partial charge is 0.497 e. The Kier molecular flexibility index (Phi) is 5.56. The molecule has 0 radical (unpaired) electrons. The molecule has 0 spiro atoms. The maximum atomic E-state index is 11.9. The van der Waals surface area contributed by atoms with Gasteiger partial charge in [-0.15, -0.1) is 0 Å². The van der Waals surface area contributed by atoms with Crippen molar-refractivity contribution < 1.29 is 23.9 Å². The predicted octanol–water partition coefficient (Wildman–Crippen LogP) is 0.635. The molecule has 0 aliphatic heterocycles. The van der Waals surface area contributed by atoms with Crippen LogP contribution in [0.4, 0.5) is 0 Å². The minimum absolute atomic E-state index is 0.205. The molecular weight excluding hydrogens is 300 g/mol. The fraction of sp³-hybridized carbons (Fsp3) is 0.438. The number of carbonyl (C=O) groups excluding carboxylic acids is 3. The minimum Gasteiger partial charge on any atom is -0.497 e. The highest BCUT2D eigenvalue weighted by atomic mass is 16.5. The highest BCUT2D eigenvalue weighted by Gasteiger charge is 2.27. The van der Waals surface area contributed by atoms with E-state index in [9.17, 15) is 14.4 Å². The van der Waals surface area contributed by atoms with Crippen LogP contribution in [0.3, 0.4) is 0 Å². The standard InChI is InChI=1S/C16H20N2O5/c1-10(15(20)18-12-6-7-12)23-14(19)9-17-16(21)11-4-3-5-13(8-11)22-2/h3-5,8,10,12H,6-7,9H2,1-2H3,(H,17,21)(H,18,20)/t10-/m1/s1. The maximum absolute atomic E-state index is 11.9. The summed E-state index contributed by atoms with van der Waals surface area (Å²) in [5, 5.41) is 5.19. The fourth-order valence-corrected chi connectivity index (χ4v) is 1.86.